The number of amides is 1. The standard InChI is InChI=1S/C19H17Cl2NO3/c1-25-19(24)17(12-13-5-3-2-4-6-13)22-18(23)10-8-14-7-9-15(20)16(21)11-14/h2-11,17H,12H2,1H3,(H,22,23)/b10-8+/t17-/m0/s1. The topological polar surface area (TPSA) is 55.4 Å². The molecule has 0 fully saturated rings. The van der Waals surface area contributed by atoms with E-state index < -0.39 is 17.9 Å². The first kappa shape index (κ1) is 19.0. The lowest BCUT2D eigenvalue weighted by Crippen LogP contribution is -2.42. The molecule has 0 heterocycles. The number of halogens is 2. The maximum absolute atomic E-state index is 12.1. The predicted molar refractivity (Wildman–Crippen MR) is 99.6 cm³/mol. The third kappa shape index (κ3) is 5.93. The number of methoxy groups -OCH3 is 1. The molecule has 1 atom stereocenters. The van der Waals surface area contributed by atoms with E-state index in [-0.39, 0.29) is 0 Å². The van der Waals surface area contributed by atoms with Crippen LogP contribution in [0.4, 0.5) is 0 Å². The van der Waals surface area contributed by atoms with Gasteiger partial charge in [-0.25, -0.2) is 4.79 Å². The van der Waals surface area contributed by atoms with Crippen molar-refractivity contribution in [3.05, 3.63) is 75.8 Å². The number of carbonyl (C=O) groups is 2. The Morgan fingerprint density at radius 2 is 1.84 bits per heavy atom. The molecule has 0 aromatic heterocycles. The van der Waals surface area contributed by atoms with Crippen molar-refractivity contribution >= 4 is 41.2 Å². The highest BCUT2D eigenvalue weighted by molar-refractivity contribution is 6.42. The minimum absolute atomic E-state index is 0.347. The summed E-state index contributed by atoms with van der Waals surface area (Å²) in [4.78, 5) is 24.0. The van der Waals surface area contributed by atoms with Gasteiger partial charge in [0.05, 0.1) is 17.2 Å². The summed E-state index contributed by atoms with van der Waals surface area (Å²) in [5.41, 5.74) is 1.65. The van der Waals surface area contributed by atoms with Crippen molar-refractivity contribution in [1.82, 2.24) is 5.32 Å². The molecule has 1 amide bonds. The molecule has 25 heavy (non-hydrogen) atoms. The van der Waals surface area contributed by atoms with Crippen molar-refractivity contribution in [2.75, 3.05) is 7.11 Å². The summed E-state index contributed by atoms with van der Waals surface area (Å²) in [7, 11) is 1.29. The van der Waals surface area contributed by atoms with Gasteiger partial charge >= 0.3 is 5.97 Å². The summed E-state index contributed by atoms with van der Waals surface area (Å²) in [6, 6.07) is 13.7. The molecule has 2 aromatic rings. The highest BCUT2D eigenvalue weighted by Gasteiger charge is 2.20. The lowest BCUT2D eigenvalue weighted by molar-refractivity contribution is -0.144. The molecule has 0 saturated heterocycles. The Labute approximate surface area is 156 Å². The van der Waals surface area contributed by atoms with Crippen LogP contribution in [0, 0.1) is 0 Å². The molecule has 4 nitrogen and oxygen atoms in total. The zero-order valence-electron chi connectivity index (χ0n) is 13.5. The lowest BCUT2D eigenvalue weighted by Gasteiger charge is -2.15. The van der Waals surface area contributed by atoms with E-state index in [0.717, 1.165) is 11.1 Å². The third-order valence-corrected chi connectivity index (χ3v) is 4.19. The van der Waals surface area contributed by atoms with Crippen LogP contribution in [0.1, 0.15) is 11.1 Å². The van der Waals surface area contributed by atoms with Gasteiger partial charge in [0.15, 0.2) is 0 Å². The number of carbonyl (C=O) groups excluding carboxylic acids is 2. The van der Waals surface area contributed by atoms with Gasteiger partial charge in [0.1, 0.15) is 6.04 Å². The molecule has 0 aliphatic rings. The molecule has 0 saturated carbocycles. The second kappa shape index (κ2) is 9.25. The predicted octanol–water partition coefficient (Wildman–Crippen LogP) is 3.91. The van der Waals surface area contributed by atoms with Crippen LogP contribution in [0.5, 0.6) is 0 Å². The number of nitrogens with one attached hydrogen (secondary N) is 1. The SMILES string of the molecule is COC(=O)[C@H](Cc1ccccc1)NC(=O)/C=C/c1ccc(Cl)c(Cl)c1. The second-order valence-electron chi connectivity index (χ2n) is 5.28. The molecular weight excluding hydrogens is 361 g/mol. The van der Waals surface area contributed by atoms with E-state index in [4.69, 9.17) is 27.9 Å². The van der Waals surface area contributed by atoms with Gasteiger partial charge in [0.2, 0.25) is 5.91 Å². The van der Waals surface area contributed by atoms with Crippen molar-refractivity contribution in [3.63, 3.8) is 0 Å². The molecule has 0 aliphatic heterocycles. The zero-order valence-corrected chi connectivity index (χ0v) is 15.1. The number of ether oxygens (including phenoxy) is 1. The Kier molecular flexibility index (Phi) is 7.04. The van der Waals surface area contributed by atoms with Crippen LogP contribution < -0.4 is 5.32 Å². The minimum atomic E-state index is -0.765. The Bertz CT molecular complexity index is 775. The molecule has 0 radical (unpaired) electrons. The molecule has 1 N–H and O–H groups in total. The molecule has 2 aromatic carbocycles. The summed E-state index contributed by atoms with van der Waals surface area (Å²) < 4.78 is 4.77. The zero-order chi connectivity index (χ0) is 18.2. The van der Waals surface area contributed by atoms with Crippen molar-refractivity contribution in [2.45, 2.75) is 12.5 Å². The first-order valence-electron chi connectivity index (χ1n) is 7.55. The average Bonchev–Trinajstić information content (AvgIpc) is 2.62. The monoisotopic (exact) mass is 377 g/mol. The van der Waals surface area contributed by atoms with Crippen LogP contribution in [-0.4, -0.2) is 25.0 Å². The van der Waals surface area contributed by atoms with Gasteiger partial charge in [-0.05, 0) is 29.3 Å². The van der Waals surface area contributed by atoms with E-state index in [1.54, 1.807) is 24.3 Å². The van der Waals surface area contributed by atoms with Crippen LogP contribution in [0.3, 0.4) is 0 Å². The third-order valence-electron chi connectivity index (χ3n) is 3.46. The van der Waals surface area contributed by atoms with Gasteiger partial charge in [-0.2, -0.15) is 0 Å². The fourth-order valence-corrected chi connectivity index (χ4v) is 2.50. The number of esters is 1. The summed E-state index contributed by atoms with van der Waals surface area (Å²) >= 11 is 11.8. The Morgan fingerprint density at radius 1 is 1.12 bits per heavy atom. The van der Waals surface area contributed by atoms with E-state index >= 15 is 0 Å². The Balaban J connectivity index is 2.04. The van der Waals surface area contributed by atoms with Crippen molar-refractivity contribution in [3.8, 4) is 0 Å². The Hall–Kier alpha value is -2.30. The number of rotatable bonds is 6. The summed E-state index contributed by atoms with van der Waals surface area (Å²) in [5, 5.41) is 3.50. The van der Waals surface area contributed by atoms with Crippen LogP contribution in [0.2, 0.25) is 10.0 Å². The fraction of sp³-hybridized carbons (Fsp3) is 0.158. The van der Waals surface area contributed by atoms with Crippen LogP contribution in [-0.2, 0) is 20.7 Å². The van der Waals surface area contributed by atoms with Gasteiger partial charge in [0, 0.05) is 12.5 Å². The maximum Gasteiger partial charge on any atom is 0.328 e. The second-order valence-corrected chi connectivity index (χ2v) is 6.10. The van der Waals surface area contributed by atoms with Gasteiger partial charge in [-0.15, -0.1) is 0 Å². The highest BCUT2D eigenvalue weighted by Crippen LogP contribution is 2.23. The van der Waals surface area contributed by atoms with E-state index in [2.05, 4.69) is 5.32 Å². The quantitative estimate of drug-likeness (QED) is 0.613. The molecule has 0 unspecified atom stereocenters. The van der Waals surface area contributed by atoms with E-state index in [0.29, 0.717) is 16.5 Å². The first-order chi connectivity index (χ1) is 12.0. The summed E-state index contributed by atoms with van der Waals surface area (Å²) in [6.45, 7) is 0. The maximum atomic E-state index is 12.1. The molecular formula is C19H17Cl2NO3. The van der Waals surface area contributed by atoms with Crippen LogP contribution >= 0.6 is 23.2 Å². The van der Waals surface area contributed by atoms with Gasteiger partial charge in [-0.3, -0.25) is 4.79 Å². The summed E-state index contributed by atoms with van der Waals surface area (Å²) in [6.07, 6.45) is 3.27. The Morgan fingerprint density at radius 3 is 2.48 bits per heavy atom. The van der Waals surface area contributed by atoms with Crippen molar-refractivity contribution in [1.29, 1.82) is 0 Å². The van der Waals surface area contributed by atoms with Crippen molar-refractivity contribution in [2.24, 2.45) is 0 Å². The fourth-order valence-electron chi connectivity index (χ4n) is 2.19. The number of hydrogen-bond acceptors (Lipinski definition) is 3. The van der Waals surface area contributed by atoms with E-state index in [9.17, 15) is 9.59 Å². The number of benzene rings is 2. The molecule has 0 bridgehead atoms. The lowest BCUT2D eigenvalue weighted by atomic mass is 10.1. The van der Waals surface area contributed by atoms with Gasteiger partial charge in [0.25, 0.3) is 0 Å². The highest BCUT2D eigenvalue weighted by atomic mass is 35.5. The molecule has 6 heteroatoms. The van der Waals surface area contributed by atoms with E-state index in [1.165, 1.54) is 13.2 Å². The number of hydrogen-bond donors (Lipinski definition) is 1. The molecule has 0 aliphatic carbocycles. The van der Waals surface area contributed by atoms with Crippen LogP contribution in [0.25, 0.3) is 6.08 Å². The molecule has 2 rings (SSSR count). The minimum Gasteiger partial charge on any atom is -0.467 e. The average molecular weight is 378 g/mol. The smallest absolute Gasteiger partial charge is 0.328 e. The molecule has 130 valence electrons. The summed E-state index contributed by atoms with van der Waals surface area (Å²) in [5.74, 6) is -0.905. The van der Waals surface area contributed by atoms with Crippen molar-refractivity contribution < 1.29 is 14.3 Å². The largest absolute Gasteiger partial charge is 0.467 e. The normalized spacial score (nSPS) is 12.0. The van der Waals surface area contributed by atoms with Crippen LogP contribution in [0.15, 0.2) is 54.6 Å². The van der Waals surface area contributed by atoms with E-state index in [1.807, 2.05) is 30.3 Å². The molecule has 0 spiro atoms. The van der Waals surface area contributed by atoms with Gasteiger partial charge in [-0.1, -0.05) is 59.6 Å². The first-order valence-corrected chi connectivity index (χ1v) is 8.30. The van der Waals surface area contributed by atoms with Gasteiger partial charge < -0.3 is 10.1 Å².